The van der Waals surface area contributed by atoms with Gasteiger partial charge in [-0.25, -0.2) is 9.78 Å². The Hall–Kier alpha value is -2.78. The highest BCUT2D eigenvalue weighted by Gasteiger charge is 2.45. The number of imidazole rings is 1. The molecule has 40 heavy (non-hydrogen) atoms. The first-order valence-corrected chi connectivity index (χ1v) is 13.6. The third-order valence-corrected chi connectivity index (χ3v) is 6.95. The van der Waals surface area contributed by atoms with Crippen molar-refractivity contribution in [3.63, 3.8) is 0 Å². The molecule has 0 spiro atoms. The zero-order chi connectivity index (χ0) is 29.2. The van der Waals surface area contributed by atoms with Crippen LogP contribution in [0.15, 0.2) is 6.33 Å². The summed E-state index contributed by atoms with van der Waals surface area (Å²) in [6.45, 7) is 5.54. The molecule has 1 aliphatic heterocycles. The van der Waals surface area contributed by atoms with E-state index in [2.05, 4.69) is 20.3 Å². The van der Waals surface area contributed by atoms with Crippen molar-refractivity contribution >= 4 is 40.6 Å². The van der Waals surface area contributed by atoms with Gasteiger partial charge in [0.1, 0.15) is 18.3 Å². The molecule has 5 atom stereocenters. The van der Waals surface area contributed by atoms with E-state index in [-0.39, 0.29) is 29.9 Å². The maximum atomic E-state index is 12.6. The van der Waals surface area contributed by atoms with Crippen molar-refractivity contribution in [2.45, 2.75) is 89.7 Å². The summed E-state index contributed by atoms with van der Waals surface area (Å²) >= 11 is 6.19. The standard InChI is InChI=1S/C25H37ClN6O8/c1-25(2,3)11-38-24(37)40-16(34)9-15(33)31(4)10-14-18(35)19(36)22(39-14)32-12-27-17-20(28-13-7-5-6-8-13)29-23(26)30-21(17)32/h12-14,16,18-19,22,34-36H,5-11H2,1-4H3,(H,28,29,30)/t14-,16?,18-,19-,22-/m1/s1. The van der Waals surface area contributed by atoms with Crippen molar-refractivity contribution in [3.8, 4) is 0 Å². The van der Waals surface area contributed by atoms with Crippen molar-refractivity contribution in [1.82, 2.24) is 24.4 Å². The maximum absolute atomic E-state index is 12.6. The van der Waals surface area contributed by atoms with Crippen molar-refractivity contribution in [2.75, 3.05) is 25.5 Å². The average Bonchev–Trinajstić information content (AvgIpc) is 3.59. The molecule has 2 fully saturated rings. The molecular formula is C25H37ClN6O8. The van der Waals surface area contributed by atoms with E-state index in [1.165, 1.54) is 22.8 Å². The second-order valence-electron chi connectivity index (χ2n) is 11.5. The molecule has 14 nitrogen and oxygen atoms in total. The zero-order valence-electron chi connectivity index (χ0n) is 23.0. The van der Waals surface area contributed by atoms with Crippen LogP contribution in [0.3, 0.4) is 0 Å². The number of rotatable bonds is 9. The maximum Gasteiger partial charge on any atom is 0.510 e. The number of aliphatic hydroxyl groups is 3. The Balaban J connectivity index is 1.37. The number of nitrogens with one attached hydrogen (secondary N) is 1. The fraction of sp³-hybridized carbons (Fsp3) is 0.720. The molecule has 1 unspecified atom stereocenters. The van der Waals surface area contributed by atoms with Gasteiger partial charge in [0.15, 0.2) is 23.2 Å². The Kier molecular flexibility index (Phi) is 9.35. The van der Waals surface area contributed by atoms with Crippen molar-refractivity contribution in [3.05, 3.63) is 11.6 Å². The van der Waals surface area contributed by atoms with E-state index in [9.17, 15) is 24.9 Å². The van der Waals surface area contributed by atoms with Crippen LogP contribution in [0.2, 0.25) is 5.28 Å². The van der Waals surface area contributed by atoms with Crippen LogP contribution >= 0.6 is 11.6 Å². The monoisotopic (exact) mass is 584 g/mol. The van der Waals surface area contributed by atoms with Gasteiger partial charge in [-0.3, -0.25) is 9.36 Å². The molecule has 1 saturated heterocycles. The van der Waals surface area contributed by atoms with E-state index in [0.717, 1.165) is 25.7 Å². The second kappa shape index (κ2) is 12.4. The number of carbonyl (C=O) groups is 2. The number of hydrogen-bond donors (Lipinski definition) is 4. The van der Waals surface area contributed by atoms with E-state index in [1.807, 2.05) is 20.8 Å². The summed E-state index contributed by atoms with van der Waals surface area (Å²) in [5, 5.41) is 34.9. The van der Waals surface area contributed by atoms with Gasteiger partial charge in [-0.2, -0.15) is 9.97 Å². The van der Waals surface area contributed by atoms with Gasteiger partial charge in [0.2, 0.25) is 17.5 Å². The zero-order valence-corrected chi connectivity index (χ0v) is 23.7. The Labute approximate surface area is 236 Å². The Morgan fingerprint density at radius 3 is 2.62 bits per heavy atom. The van der Waals surface area contributed by atoms with Crippen LogP contribution in [0, 0.1) is 5.41 Å². The molecule has 4 rings (SSSR count). The van der Waals surface area contributed by atoms with Crippen molar-refractivity contribution in [2.24, 2.45) is 5.41 Å². The lowest BCUT2D eigenvalue weighted by Crippen LogP contribution is -2.42. The summed E-state index contributed by atoms with van der Waals surface area (Å²) in [7, 11) is 1.43. The molecule has 2 aromatic rings. The number of fused-ring (bicyclic) bond motifs is 1. The predicted molar refractivity (Wildman–Crippen MR) is 142 cm³/mol. The first kappa shape index (κ1) is 30.2. The fourth-order valence-corrected chi connectivity index (χ4v) is 4.85. The van der Waals surface area contributed by atoms with E-state index in [0.29, 0.717) is 17.0 Å². The van der Waals surface area contributed by atoms with Gasteiger partial charge in [0.05, 0.1) is 19.4 Å². The van der Waals surface area contributed by atoms with Crippen molar-refractivity contribution < 1.29 is 39.1 Å². The fourth-order valence-electron chi connectivity index (χ4n) is 4.69. The molecular weight excluding hydrogens is 548 g/mol. The SMILES string of the molecule is CN(C[C@H]1O[C@@H](n2cnc3c(NC4CCCC4)nc(Cl)nc32)[C@H](O)[C@@H]1O)C(=O)CC(O)OC(=O)OCC(C)(C)C. The third-order valence-electron chi connectivity index (χ3n) is 6.79. The number of anilines is 1. The lowest BCUT2D eigenvalue weighted by Gasteiger charge is -2.24. The van der Waals surface area contributed by atoms with Crippen LogP contribution in [-0.4, -0.2) is 103 Å². The molecule has 222 valence electrons. The summed E-state index contributed by atoms with van der Waals surface area (Å²) in [5.74, 6) is -0.0984. The smallest absolute Gasteiger partial charge is 0.434 e. The topological polar surface area (TPSA) is 181 Å². The lowest BCUT2D eigenvalue weighted by molar-refractivity contribution is -0.143. The molecule has 0 radical (unpaired) electrons. The highest BCUT2D eigenvalue weighted by atomic mass is 35.5. The van der Waals surface area contributed by atoms with Gasteiger partial charge < -0.3 is 39.7 Å². The van der Waals surface area contributed by atoms with Gasteiger partial charge in [-0.15, -0.1) is 0 Å². The van der Waals surface area contributed by atoms with Gasteiger partial charge in [0.25, 0.3) is 0 Å². The number of nitrogens with zero attached hydrogens (tertiary/aromatic N) is 5. The molecule has 15 heteroatoms. The second-order valence-corrected chi connectivity index (χ2v) is 11.8. The first-order chi connectivity index (χ1) is 18.8. The minimum atomic E-state index is -1.72. The Morgan fingerprint density at radius 1 is 1.25 bits per heavy atom. The molecule has 1 aliphatic carbocycles. The number of ether oxygens (including phenoxy) is 3. The Bertz CT molecular complexity index is 1200. The molecule has 0 aromatic carbocycles. The van der Waals surface area contributed by atoms with Crippen LogP contribution in [0.1, 0.15) is 59.1 Å². The third kappa shape index (κ3) is 7.29. The molecule has 1 saturated carbocycles. The number of likely N-dealkylation sites (N-methyl/N-ethyl adjacent to an activating group) is 1. The molecule has 3 heterocycles. The van der Waals surface area contributed by atoms with Gasteiger partial charge in [-0.1, -0.05) is 33.6 Å². The first-order valence-electron chi connectivity index (χ1n) is 13.3. The van der Waals surface area contributed by atoms with Crippen LogP contribution < -0.4 is 5.32 Å². The van der Waals surface area contributed by atoms with Gasteiger partial charge >= 0.3 is 6.16 Å². The highest BCUT2D eigenvalue weighted by Crippen LogP contribution is 2.34. The summed E-state index contributed by atoms with van der Waals surface area (Å²) < 4.78 is 17.1. The normalized spacial score (nSPS) is 24.3. The largest absolute Gasteiger partial charge is 0.510 e. The van der Waals surface area contributed by atoms with E-state index < -0.39 is 49.3 Å². The molecule has 2 aromatic heterocycles. The number of hydrogen-bond acceptors (Lipinski definition) is 12. The van der Waals surface area contributed by atoms with Crippen LogP contribution in [-0.2, 0) is 19.0 Å². The van der Waals surface area contributed by atoms with Crippen LogP contribution in [0.5, 0.6) is 0 Å². The molecule has 2 aliphatic rings. The van der Waals surface area contributed by atoms with Crippen LogP contribution in [0.4, 0.5) is 10.6 Å². The summed E-state index contributed by atoms with van der Waals surface area (Å²) in [5.41, 5.74) is 0.481. The minimum Gasteiger partial charge on any atom is -0.434 e. The van der Waals surface area contributed by atoms with E-state index in [4.69, 9.17) is 25.8 Å². The quantitative estimate of drug-likeness (QED) is 0.191. The minimum absolute atomic E-state index is 0.00673. The number of aromatic nitrogens is 4. The van der Waals surface area contributed by atoms with Gasteiger partial charge in [-0.05, 0) is 29.9 Å². The lowest BCUT2D eigenvalue weighted by atomic mass is 9.99. The molecule has 4 N–H and O–H groups in total. The number of amides is 1. The summed E-state index contributed by atoms with van der Waals surface area (Å²) in [6.07, 6.45) is -2.38. The Morgan fingerprint density at radius 2 is 1.95 bits per heavy atom. The average molecular weight is 585 g/mol. The highest BCUT2D eigenvalue weighted by molar-refractivity contribution is 6.28. The van der Waals surface area contributed by atoms with Gasteiger partial charge in [0, 0.05) is 19.6 Å². The number of aliphatic hydroxyl groups excluding tert-OH is 3. The predicted octanol–water partition coefficient (Wildman–Crippen LogP) is 1.82. The molecule has 1 amide bonds. The van der Waals surface area contributed by atoms with E-state index >= 15 is 0 Å². The summed E-state index contributed by atoms with van der Waals surface area (Å²) in [4.78, 5) is 38.5. The molecule has 0 bridgehead atoms. The number of carbonyl (C=O) groups excluding carboxylic acids is 2. The van der Waals surface area contributed by atoms with Crippen molar-refractivity contribution in [1.29, 1.82) is 0 Å². The van der Waals surface area contributed by atoms with E-state index in [1.54, 1.807) is 0 Å². The summed E-state index contributed by atoms with van der Waals surface area (Å²) in [6, 6.07) is 0.255. The van der Waals surface area contributed by atoms with Crippen LogP contribution in [0.25, 0.3) is 11.2 Å². The number of halogens is 1.